The van der Waals surface area contributed by atoms with E-state index in [0.717, 1.165) is 12.1 Å². The zero-order valence-electron chi connectivity index (χ0n) is 9.41. The third kappa shape index (κ3) is 2.93. The fourth-order valence-corrected chi connectivity index (χ4v) is 1.78. The van der Waals surface area contributed by atoms with Crippen LogP contribution in [0.25, 0.3) is 0 Å². The zero-order valence-corrected chi connectivity index (χ0v) is 10.2. The van der Waals surface area contributed by atoms with E-state index in [9.17, 15) is 18.0 Å². The molecule has 0 bridgehead atoms. The van der Waals surface area contributed by atoms with E-state index >= 15 is 0 Å². The first-order valence-electron chi connectivity index (χ1n) is 5.21. The molecule has 0 atom stereocenters. The third-order valence-corrected chi connectivity index (χ3v) is 2.71. The van der Waals surface area contributed by atoms with E-state index in [1.807, 2.05) is 0 Å². The van der Waals surface area contributed by atoms with Crippen molar-refractivity contribution >= 4 is 17.4 Å². The monoisotopic (exact) mass is 285 g/mol. The van der Waals surface area contributed by atoms with Crippen molar-refractivity contribution < 1.29 is 18.0 Å². The van der Waals surface area contributed by atoms with Gasteiger partial charge < -0.3 is 0 Å². The van der Waals surface area contributed by atoms with Gasteiger partial charge in [-0.2, -0.15) is 13.2 Å². The molecular formula is C13H7ClF3NO. The Hall–Kier alpha value is -1.88. The average Bonchev–Trinajstić information content (AvgIpc) is 2.38. The van der Waals surface area contributed by atoms with Crippen molar-refractivity contribution in [3.05, 3.63) is 64.4 Å². The van der Waals surface area contributed by atoms with Crippen molar-refractivity contribution in [3.8, 4) is 0 Å². The molecule has 98 valence electrons. The number of carbonyl (C=O) groups excluding carboxylic acids is 1. The van der Waals surface area contributed by atoms with Crippen molar-refractivity contribution in [2.45, 2.75) is 6.18 Å². The van der Waals surface area contributed by atoms with Crippen LogP contribution in [0, 0.1) is 0 Å². The average molecular weight is 286 g/mol. The fraction of sp³-hybridized carbons (Fsp3) is 0.0769. The van der Waals surface area contributed by atoms with Crippen molar-refractivity contribution in [2.24, 2.45) is 0 Å². The van der Waals surface area contributed by atoms with Crippen molar-refractivity contribution in [1.82, 2.24) is 4.98 Å². The lowest BCUT2D eigenvalue weighted by Crippen LogP contribution is -2.13. The van der Waals surface area contributed by atoms with Gasteiger partial charge in [-0.1, -0.05) is 11.6 Å². The van der Waals surface area contributed by atoms with Crippen molar-refractivity contribution in [3.63, 3.8) is 0 Å². The van der Waals surface area contributed by atoms with E-state index in [4.69, 9.17) is 11.6 Å². The smallest absolute Gasteiger partial charge is 0.289 e. The molecule has 1 aromatic carbocycles. The summed E-state index contributed by atoms with van der Waals surface area (Å²) < 4.78 is 38.6. The minimum absolute atomic E-state index is 0.0707. The van der Waals surface area contributed by atoms with Crippen LogP contribution in [0.1, 0.15) is 21.5 Å². The van der Waals surface area contributed by atoms with Gasteiger partial charge in [0.05, 0.1) is 5.56 Å². The topological polar surface area (TPSA) is 30.0 Å². The first kappa shape index (κ1) is 13.5. The molecule has 1 aromatic heterocycles. The molecule has 0 amide bonds. The maximum absolute atomic E-state index is 12.9. The highest BCUT2D eigenvalue weighted by Crippen LogP contribution is 2.34. The van der Waals surface area contributed by atoms with Crippen LogP contribution in [-0.4, -0.2) is 10.8 Å². The first-order valence-corrected chi connectivity index (χ1v) is 5.59. The number of nitrogens with zero attached hydrogens (tertiary/aromatic N) is 1. The van der Waals surface area contributed by atoms with Crippen LogP contribution in [0.2, 0.25) is 5.02 Å². The second-order valence-corrected chi connectivity index (χ2v) is 4.19. The highest BCUT2D eigenvalue weighted by molar-refractivity contribution is 6.30. The molecule has 0 aliphatic carbocycles. The quantitative estimate of drug-likeness (QED) is 0.781. The van der Waals surface area contributed by atoms with Gasteiger partial charge in [0, 0.05) is 28.5 Å². The molecule has 0 saturated carbocycles. The van der Waals surface area contributed by atoms with Gasteiger partial charge in [0.2, 0.25) is 0 Å². The van der Waals surface area contributed by atoms with E-state index < -0.39 is 23.1 Å². The van der Waals surface area contributed by atoms with Gasteiger partial charge in [-0.25, -0.2) is 0 Å². The Morgan fingerprint density at radius 2 is 1.74 bits per heavy atom. The summed E-state index contributed by atoms with van der Waals surface area (Å²) in [5, 5.41) is -0.0707. The van der Waals surface area contributed by atoms with Crippen LogP contribution in [0.3, 0.4) is 0 Å². The lowest BCUT2D eigenvalue weighted by Gasteiger charge is -2.12. The molecule has 2 nitrogen and oxygen atoms in total. The van der Waals surface area contributed by atoms with E-state index in [2.05, 4.69) is 4.98 Å². The summed E-state index contributed by atoms with van der Waals surface area (Å²) in [6, 6.07) is 5.79. The maximum Gasteiger partial charge on any atom is 0.417 e. The lowest BCUT2D eigenvalue weighted by atomic mass is 9.99. The van der Waals surface area contributed by atoms with Gasteiger partial charge >= 0.3 is 6.18 Å². The predicted molar refractivity (Wildman–Crippen MR) is 64.1 cm³/mol. The highest BCUT2D eigenvalue weighted by Gasteiger charge is 2.35. The number of benzene rings is 1. The summed E-state index contributed by atoms with van der Waals surface area (Å²) in [5.41, 5.74) is -1.33. The fourth-order valence-electron chi connectivity index (χ4n) is 1.61. The minimum Gasteiger partial charge on any atom is -0.289 e. The van der Waals surface area contributed by atoms with Gasteiger partial charge in [0.15, 0.2) is 5.78 Å². The van der Waals surface area contributed by atoms with Crippen LogP contribution in [0.4, 0.5) is 13.2 Å². The maximum atomic E-state index is 12.9. The summed E-state index contributed by atoms with van der Waals surface area (Å²) in [6.45, 7) is 0. The number of halogens is 4. The summed E-state index contributed by atoms with van der Waals surface area (Å²) in [7, 11) is 0. The first-order chi connectivity index (χ1) is 8.89. The zero-order chi connectivity index (χ0) is 14.0. The van der Waals surface area contributed by atoms with E-state index in [1.165, 1.54) is 30.6 Å². The molecule has 0 aliphatic heterocycles. The number of carbonyl (C=O) groups is 1. The number of ketones is 1. The van der Waals surface area contributed by atoms with E-state index in [1.54, 1.807) is 0 Å². The third-order valence-electron chi connectivity index (χ3n) is 2.47. The molecule has 0 radical (unpaired) electrons. The van der Waals surface area contributed by atoms with Crippen LogP contribution in [0.15, 0.2) is 42.7 Å². The molecular weight excluding hydrogens is 279 g/mol. The Morgan fingerprint density at radius 1 is 1.11 bits per heavy atom. The normalized spacial score (nSPS) is 11.4. The number of aromatic nitrogens is 1. The minimum atomic E-state index is -4.64. The Kier molecular flexibility index (Phi) is 3.57. The highest BCUT2D eigenvalue weighted by atomic mass is 35.5. The van der Waals surface area contributed by atoms with Crippen LogP contribution in [-0.2, 0) is 6.18 Å². The second-order valence-electron chi connectivity index (χ2n) is 3.75. The molecule has 0 spiro atoms. The van der Waals surface area contributed by atoms with E-state index in [-0.39, 0.29) is 10.6 Å². The SMILES string of the molecule is O=C(c1ccncc1)c1ccc(Cl)cc1C(F)(F)F. The molecule has 0 fully saturated rings. The Morgan fingerprint density at radius 3 is 2.32 bits per heavy atom. The number of hydrogen-bond donors (Lipinski definition) is 0. The van der Waals surface area contributed by atoms with Gasteiger partial charge in [0.25, 0.3) is 0 Å². The Labute approximate surface area is 111 Å². The molecule has 2 aromatic rings. The van der Waals surface area contributed by atoms with Gasteiger partial charge in [-0.3, -0.25) is 9.78 Å². The molecule has 0 aliphatic rings. The van der Waals surface area contributed by atoms with E-state index in [0.29, 0.717) is 0 Å². The van der Waals surface area contributed by atoms with Crippen molar-refractivity contribution in [2.75, 3.05) is 0 Å². The van der Waals surface area contributed by atoms with Crippen LogP contribution < -0.4 is 0 Å². The largest absolute Gasteiger partial charge is 0.417 e. The number of hydrogen-bond acceptors (Lipinski definition) is 2. The molecule has 19 heavy (non-hydrogen) atoms. The number of alkyl halides is 3. The summed E-state index contributed by atoms with van der Waals surface area (Å²) in [5.74, 6) is -0.716. The van der Waals surface area contributed by atoms with Crippen molar-refractivity contribution in [1.29, 1.82) is 0 Å². The predicted octanol–water partition coefficient (Wildman–Crippen LogP) is 3.98. The number of rotatable bonds is 2. The summed E-state index contributed by atoms with van der Waals surface area (Å²) in [4.78, 5) is 15.8. The Balaban J connectivity index is 2.54. The summed E-state index contributed by atoms with van der Waals surface area (Å²) in [6.07, 6.45) is -1.95. The molecule has 0 unspecified atom stereocenters. The molecule has 6 heteroatoms. The van der Waals surface area contributed by atoms with Crippen LogP contribution >= 0.6 is 11.6 Å². The molecule has 0 saturated heterocycles. The molecule has 1 heterocycles. The molecule has 0 N–H and O–H groups in total. The molecule has 2 rings (SSSR count). The standard InChI is InChI=1S/C13H7ClF3NO/c14-9-1-2-10(11(7-9)13(15,16)17)12(19)8-3-5-18-6-4-8/h1-7H. The van der Waals surface area contributed by atoms with Crippen LogP contribution in [0.5, 0.6) is 0 Å². The summed E-state index contributed by atoms with van der Waals surface area (Å²) >= 11 is 5.55. The van der Waals surface area contributed by atoms with Gasteiger partial charge in [-0.15, -0.1) is 0 Å². The van der Waals surface area contributed by atoms with Gasteiger partial charge in [0.1, 0.15) is 0 Å². The Bertz CT molecular complexity index is 611. The lowest BCUT2D eigenvalue weighted by molar-refractivity contribution is -0.137. The second kappa shape index (κ2) is 5.01. The number of pyridine rings is 1. The van der Waals surface area contributed by atoms with Gasteiger partial charge in [-0.05, 0) is 30.3 Å².